The first-order valence-corrected chi connectivity index (χ1v) is 5.46. The maximum absolute atomic E-state index is 11.8. The monoisotopic (exact) mass is 207 g/mol. The van der Waals surface area contributed by atoms with Crippen LogP contribution in [-0.2, 0) is 9.53 Å². The Morgan fingerprint density at radius 3 is 2.60 bits per heavy atom. The first-order chi connectivity index (χ1) is 6.83. The Morgan fingerprint density at radius 2 is 2.13 bits per heavy atom. The van der Waals surface area contributed by atoms with Crippen LogP contribution in [0.4, 0.5) is 0 Å². The molecule has 1 saturated heterocycles. The van der Waals surface area contributed by atoms with Crippen LogP contribution in [0.1, 0.15) is 34.1 Å². The third-order valence-corrected chi connectivity index (χ3v) is 2.67. The van der Waals surface area contributed by atoms with Crippen molar-refractivity contribution in [3.63, 3.8) is 0 Å². The van der Waals surface area contributed by atoms with E-state index in [1.165, 1.54) is 0 Å². The highest BCUT2D eigenvalue weighted by atomic mass is 16.6. The van der Waals surface area contributed by atoms with Gasteiger partial charge in [-0.15, -0.1) is 0 Å². The first-order valence-electron chi connectivity index (χ1n) is 5.46. The second-order valence-corrected chi connectivity index (χ2v) is 5.45. The summed E-state index contributed by atoms with van der Waals surface area (Å²) in [5.74, 6) is 2.23. The molecule has 1 fully saturated rings. The molecule has 0 N–H and O–H groups in total. The van der Waals surface area contributed by atoms with Crippen LogP contribution in [0.25, 0.3) is 0 Å². The molecule has 82 valence electrons. The minimum absolute atomic E-state index is 0.158. The first kappa shape index (κ1) is 12.1. The number of nitriles is 1. The maximum atomic E-state index is 11.8. The van der Waals surface area contributed by atoms with Crippen LogP contribution in [0.3, 0.4) is 0 Å². The van der Waals surface area contributed by atoms with Gasteiger partial charge in [0, 0.05) is 5.97 Å². The average molecular weight is 207 g/mol. The molecule has 2 unspecified atom stereocenters. The summed E-state index contributed by atoms with van der Waals surface area (Å²) in [4.78, 5) is 11.8. The van der Waals surface area contributed by atoms with Gasteiger partial charge in [-0.25, -0.2) is 5.26 Å². The molecule has 0 aromatic heterocycles. The number of hydrogen-bond acceptors (Lipinski definition) is 3. The lowest BCUT2D eigenvalue weighted by Gasteiger charge is -2.22. The van der Waals surface area contributed by atoms with Gasteiger partial charge in [0.1, 0.15) is 5.60 Å². The lowest BCUT2D eigenvalue weighted by Crippen LogP contribution is -2.30. The molecule has 3 nitrogen and oxygen atoms in total. The second-order valence-electron chi connectivity index (χ2n) is 5.45. The Morgan fingerprint density at radius 1 is 1.53 bits per heavy atom. The van der Waals surface area contributed by atoms with Crippen molar-refractivity contribution in [3.8, 4) is 5.97 Å². The Balaban J connectivity index is 2.64. The van der Waals surface area contributed by atoms with Gasteiger partial charge >= 0.3 is 5.97 Å². The zero-order chi connectivity index (χ0) is 11.6. The molecular formula is C11H18BNO2. The minimum Gasteiger partial charge on any atom is -0.460 e. The quantitative estimate of drug-likeness (QED) is 0.489. The van der Waals surface area contributed by atoms with Gasteiger partial charge in [-0.3, -0.25) is 4.79 Å². The molecule has 0 spiro atoms. The lowest BCUT2D eigenvalue weighted by molar-refractivity contribution is -0.154. The third kappa shape index (κ3) is 3.26. The number of rotatable bonds is 1. The van der Waals surface area contributed by atoms with Gasteiger partial charge in [0.05, 0.1) is 5.82 Å². The van der Waals surface area contributed by atoms with E-state index in [-0.39, 0.29) is 18.5 Å². The summed E-state index contributed by atoms with van der Waals surface area (Å²) in [6.07, 6.45) is 1.60. The van der Waals surface area contributed by atoms with Crippen LogP contribution in [0, 0.1) is 17.1 Å². The van der Waals surface area contributed by atoms with Crippen molar-refractivity contribution in [1.82, 2.24) is 0 Å². The molecule has 15 heavy (non-hydrogen) atoms. The van der Waals surface area contributed by atoms with Crippen LogP contribution in [-0.4, -0.2) is 18.3 Å². The van der Waals surface area contributed by atoms with Crippen LogP contribution in [0.2, 0.25) is 12.1 Å². The molecule has 4 heteroatoms. The molecular weight excluding hydrogens is 189 g/mol. The van der Waals surface area contributed by atoms with Gasteiger partial charge in [0.2, 0.25) is 0 Å². The van der Waals surface area contributed by atoms with E-state index in [1.54, 1.807) is 0 Å². The van der Waals surface area contributed by atoms with Crippen molar-refractivity contribution >= 4 is 12.7 Å². The summed E-state index contributed by atoms with van der Waals surface area (Å²) in [6.45, 7) is 7.48. The fraction of sp³-hybridized carbons (Fsp3) is 0.818. The minimum atomic E-state index is -0.455. The van der Waals surface area contributed by atoms with Crippen molar-refractivity contribution in [3.05, 3.63) is 0 Å². The summed E-state index contributed by atoms with van der Waals surface area (Å²) in [5, 5.41) is 8.94. The number of carbonyl (C=O) groups is 1. The summed E-state index contributed by atoms with van der Waals surface area (Å²) in [7, 11) is 0. The zero-order valence-corrected chi connectivity index (χ0v) is 9.91. The van der Waals surface area contributed by atoms with E-state index in [2.05, 4.69) is 12.9 Å². The predicted molar refractivity (Wildman–Crippen MR) is 59.6 cm³/mol. The maximum Gasteiger partial charge on any atom is 0.303 e. The predicted octanol–water partition coefficient (Wildman–Crippen LogP) is 2.30. The molecule has 2 atom stereocenters. The van der Waals surface area contributed by atoms with Crippen molar-refractivity contribution in [2.45, 2.75) is 51.9 Å². The fourth-order valence-corrected chi connectivity index (χ4v) is 2.07. The Bertz CT molecular complexity index is 290. The third-order valence-electron chi connectivity index (χ3n) is 2.67. The molecule has 0 radical (unpaired) electrons. The molecule has 1 aliphatic rings. The van der Waals surface area contributed by atoms with Gasteiger partial charge in [-0.1, -0.05) is 13.2 Å². The molecule has 1 rings (SSSR count). The Kier molecular flexibility index (Phi) is 3.44. The van der Waals surface area contributed by atoms with E-state index < -0.39 is 5.60 Å². The van der Waals surface area contributed by atoms with E-state index in [4.69, 9.17) is 10.00 Å². The van der Waals surface area contributed by atoms with Crippen molar-refractivity contribution < 1.29 is 9.53 Å². The van der Waals surface area contributed by atoms with Crippen molar-refractivity contribution in [2.75, 3.05) is 0 Å². The van der Waals surface area contributed by atoms with Crippen LogP contribution in [0.15, 0.2) is 0 Å². The highest BCUT2D eigenvalue weighted by Crippen LogP contribution is 2.36. The van der Waals surface area contributed by atoms with Gasteiger partial charge in [-0.05, 0) is 33.1 Å². The smallest absolute Gasteiger partial charge is 0.303 e. The van der Waals surface area contributed by atoms with E-state index >= 15 is 0 Å². The van der Waals surface area contributed by atoms with E-state index in [0.29, 0.717) is 5.92 Å². The van der Waals surface area contributed by atoms with Gasteiger partial charge in [-0.2, -0.15) is 0 Å². The highest BCUT2D eigenvalue weighted by molar-refractivity contribution is 6.72. The molecule has 0 aromatic carbocycles. The van der Waals surface area contributed by atoms with Crippen LogP contribution >= 0.6 is 0 Å². The number of ether oxygens (including phenoxy) is 1. The molecule has 0 aliphatic carbocycles. The average Bonchev–Trinajstić information content (AvgIpc) is 2.43. The standard InChI is InChI=1S/C11H18BNO2/c1-8-5-9(12(6-8)7-13)10(14)15-11(2,3)4/h8-9H,5-6H2,1-4H3. The molecule has 0 bridgehead atoms. The molecule has 0 aromatic rings. The van der Waals surface area contributed by atoms with Crippen LogP contribution in [0.5, 0.6) is 0 Å². The molecule has 1 heterocycles. The number of carbonyl (C=O) groups excluding carboxylic acids is 1. The van der Waals surface area contributed by atoms with Crippen molar-refractivity contribution in [1.29, 1.82) is 5.26 Å². The molecule has 1 aliphatic heterocycles. The summed E-state index contributed by atoms with van der Waals surface area (Å²) >= 11 is 0. The highest BCUT2D eigenvalue weighted by Gasteiger charge is 2.42. The van der Waals surface area contributed by atoms with Crippen LogP contribution < -0.4 is 0 Å². The van der Waals surface area contributed by atoms with E-state index in [1.807, 2.05) is 20.8 Å². The zero-order valence-electron chi connectivity index (χ0n) is 9.91. The summed E-state index contributed by atoms with van der Waals surface area (Å²) in [5.41, 5.74) is -0.455. The number of nitrogens with zero attached hydrogens (tertiary/aromatic N) is 1. The largest absolute Gasteiger partial charge is 0.460 e. The SMILES string of the molecule is CC1CB(C#N)C(C(=O)OC(C)(C)C)C1. The number of hydrogen-bond donors (Lipinski definition) is 0. The van der Waals surface area contributed by atoms with Gasteiger partial charge < -0.3 is 4.74 Å². The van der Waals surface area contributed by atoms with Gasteiger partial charge in [0.15, 0.2) is 0 Å². The normalized spacial score (nSPS) is 26.2. The molecule has 0 amide bonds. The Hall–Kier alpha value is -0.975. The Labute approximate surface area is 91.9 Å². The fourth-order valence-electron chi connectivity index (χ4n) is 2.07. The number of esters is 1. The van der Waals surface area contributed by atoms with E-state index in [0.717, 1.165) is 12.7 Å². The van der Waals surface area contributed by atoms with Crippen molar-refractivity contribution in [2.24, 2.45) is 5.92 Å². The lowest BCUT2D eigenvalue weighted by atomic mass is 9.44. The van der Waals surface area contributed by atoms with E-state index in [9.17, 15) is 4.79 Å². The molecule has 0 saturated carbocycles. The summed E-state index contributed by atoms with van der Waals surface area (Å²) in [6, 6.07) is 0. The van der Waals surface area contributed by atoms with Gasteiger partial charge in [0.25, 0.3) is 6.71 Å². The topological polar surface area (TPSA) is 50.1 Å². The second kappa shape index (κ2) is 4.26. The summed E-state index contributed by atoms with van der Waals surface area (Å²) < 4.78 is 5.31.